The second-order valence-electron chi connectivity index (χ2n) is 11.5. The number of pyridine rings is 1. The van der Waals surface area contributed by atoms with Gasteiger partial charge < -0.3 is 15.4 Å². The third kappa shape index (κ3) is 7.00. The summed E-state index contributed by atoms with van der Waals surface area (Å²) in [4.78, 5) is 28.9. The lowest BCUT2D eigenvalue weighted by molar-refractivity contribution is 0.0489. The minimum Gasteiger partial charge on any atom is -0.444 e. The number of hydrogen-bond acceptors (Lipinski definition) is 7. The molecule has 5 rings (SSSR count). The second kappa shape index (κ2) is 11.7. The SMILES string of the molecule is Cn1cc(-c2ccc3cnc(NC(=O)c4ccc(F)c(S(=O)(=O)N5CCC(NC(=O)OC(C)(C)C)CC5)c4)cc3c2)cn1. The van der Waals surface area contributed by atoms with Gasteiger partial charge in [0.25, 0.3) is 5.91 Å². The van der Waals surface area contributed by atoms with Gasteiger partial charge in [0.2, 0.25) is 10.0 Å². The maximum absolute atomic E-state index is 14.8. The van der Waals surface area contributed by atoms with Crippen LogP contribution in [0, 0.1) is 5.82 Å². The molecule has 3 heterocycles. The van der Waals surface area contributed by atoms with Crippen LogP contribution in [0.2, 0.25) is 0 Å². The molecular weight excluding hydrogens is 575 g/mol. The first kappa shape index (κ1) is 30.1. The fourth-order valence-electron chi connectivity index (χ4n) is 4.84. The first-order chi connectivity index (χ1) is 20.3. The van der Waals surface area contributed by atoms with Crippen molar-refractivity contribution >= 4 is 38.6 Å². The molecule has 11 nitrogen and oxygen atoms in total. The van der Waals surface area contributed by atoms with Crippen LogP contribution in [0.4, 0.5) is 15.0 Å². The predicted octanol–water partition coefficient (Wildman–Crippen LogP) is 4.70. The lowest BCUT2D eigenvalue weighted by atomic mass is 10.1. The van der Waals surface area contributed by atoms with E-state index in [2.05, 4.69) is 20.7 Å². The van der Waals surface area contributed by atoms with Crippen LogP contribution >= 0.6 is 0 Å². The van der Waals surface area contributed by atoms with Crippen molar-refractivity contribution in [2.24, 2.45) is 7.05 Å². The molecule has 2 aromatic heterocycles. The molecule has 1 fully saturated rings. The summed E-state index contributed by atoms with van der Waals surface area (Å²) in [6.45, 7) is 5.40. The van der Waals surface area contributed by atoms with Crippen molar-refractivity contribution < 1.29 is 27.1 Å². The zero-order chi connectivity index (χ0) is 30.9. The number of amides is 2. The van der Waals surface area contributed by atoms with E-state index in [1.165, 1.54) is 6.07 Å². The van der Waals surface area contributed by atoms with Crippen molar-refractivity contribution in [3.63, 3.8) is 0 Å². The molecule has 0 spiro atoms. The summed E-state index contributed by atoms with van der Waals surface area (Å²) < 4.78 is 49.7. The number of aryl methyl sites for hydroxylation is 1. The van der Waals surface area contributed by atoms with Crippen LogP contribution in [0.15, 0.2) is 66.0 Å². The van der Waals surface area contributed by atoms with Gasteiger partial charge in [0, 0.05) is 55.1 Å². The topological polar surface area (TPSA) is 136 Å². The van der Waals surface area contributed by atoms with Gasteiger partial charge in [0.05, 0.1) is 6.20 Å². The fraction of sp³-hybridized carbons (Fsp3) is 0.333. The van der Waals surface area contributed by atoms with Crippen LogP contribution in [0.1, 0.15) is 44.0 Å². The minimum absolute atomic E-state index is 0.0348. The van der Waals surface area contributed by atoms with Gasteiger partial charge in [0.15, 0.2) is 0 Å². The maximum Gasteiger partial charge on any atom is 0.407 e. The molecule has 4 aromatic rings. The second-order valence-corrected chi connectivity index (χ2v) is 13.4. The molecule has 0 radical (unpaired) electrons. The third-order valence-corrected chi connectivity index (χ3v) is 8.90. The van der Waals surface area contributed by atoms with Gasteiger partial charge in [-0.05, 0) is 74.9 Å². The summed E-state index contributed by atoms with van der Waals surface area (Å²) >= 11 is 0. The Bertz CT molecular complexity index is 1790. The van der Waals surface area contributed by atoms with Crippen LogP contribution in [-0.2, 0) is 21.8 Å². The number of halogens is 1. The molecule has 2 amide bonds. The van der Waals surface area contributed by atoms with E-state index in [4.69, 9.17) is 4.74 Å². The molecule has 0 bridgehead atoms. The number of nitrogens with one attached hydrogen (secondary N) is 2. The summed E-state index contributed by atoms with van der Waals surface area (Å²) in [5.41, 5.74) is 1.20. The van der Waals surface area contributed by atoms with E-state index in [0.29, 0.717) is 12.8 Å². The molecule has 1 aliphatic rings. The van der Waals surface area contributed by atoms with Crippen molar-refractivity contribution in [2.75, 3.05) is 18.4 Å². The number of hydrogen-bond donors (Lipinski definition) is 2. The molecule has 0 saturated carbocycles. The van der Waals surface area contributed by atoms with Gasteiger partial charge >= 0.3 is 6.09 Å². The summed E-state index contributed by atoms with van der Waals surface area (Å²) in [6, 6.07) is 10.5. The molecular formula is C30H33FN6O5S. The molecule has 1 saturated heterocycles. The molecule has 0 atom stereocenters. The monoisotopic (exact) mass is 608 g/mol. The highest BCUT2D eigenvalue weighted by Gasteiger charge is 2.33. The average Bonchev–Trinajstić information content (AvgIpc) is 3.38. The molecule has 1 aliphatic heterocycles. The van der Waals surface area contributed by atoms with Crippen LogP contribution < -0.4 is 10.6 Å². The number of piperidine rings is 1. The zero-order valence-electron chi connectivity index (χ0n) is 24.3. The number of nitrogens with zero attached hydrogens (tertiary/aromatic N) is 4. The Kier molecular flexibility index (Phi) is 8.21. The number of rotatable bonds is 6. The molecule has 226 valence electrons. The summed E-state index contributed by atoms with van der Waals surface area (Å²) in [6.07, 6.45) is 5.36. The zero-order valence-corrected chi connectivity index (χ0v) is 25.1. The Morgan fingerprint density at radius 2 is 1.74 bits per heavy atom. The number of sulfonamides is 1. The van der Waals surface area contributed by atoms with E-state index >= 15 is 0 Å². The minimum atomic E-state index is -4.25. The Morgan fingerprint density at radius 3 is 2.42 bits per heavy atom. The Hall–Kier alpha value is -4.36. The largest absolute Gasteiger partial charge is 0.444 e. The maximum atomic E-state index is 14.8. The fourth-order valence-corrected chi connectivity index (χ4v) is 6.40. The number of aromatic nitrogens is 3. The van der Waals surface area contributed by atoms with E-state index in [-0.39, 0.29) is 30.5 Å². The first-order valence-electron chi connectivity index (χ1n) is 13.8. The summed E-state index contributed by atoms with van der Waals surface area (Å²) in [5.74, 6) is -1.33. The van der Waals surface area contributed by atoms with Gasteiger partial charge in [-0.1, -0.05) is 12.1 Å². The van der Waals surface area contributed by atoms with Crippen LogP contribution in [0.3, 0.4) is 0 Å². The number of carbonyl (C=O) groups is 2. The molecule has 13 heteroatoms. The number of benzene rings is 2. The quantitative estimate of drug-likeness (QED) is 0.324. The van der Waals surface area contributed by atoms with E-state index in [0.717, 1.165) is 38.3 Å². The third-order valence-electron chi connectivity index (χ3n) is 6.99. The van der Waals surface area contributed by atoms with Crippen LogP contribution in [0.25, 0.3) is 21.9 Å². The Balaban J connectivity index is 1.28. The van der Waals surface area contributed by atoms with Gasteiger partial charge in [-0.3, -0.25) is 9.48 Å². The number of ether oxygens (including phenoxy) is 1. The standard InChI is InChI=1S/C30H33FN6O5S/c1-30(2,3)42-29(39)34-24-9-11-37(12-10-24)43(40,41)26-14-20(7-8-25(26)31)28(38)35-27-15-22-13-19(5-6-21(22)16-32-27)23-17-33-36(4)18-23/h5-8,13-18,24H,9-12H2,1-4H3,(H,34,39)(H,32,35,38). The van der Waals surface area contributed by atoms with Gasteiger partial charge in [0.1, 0.15) is 22.1 Å². The summed E-state index contributed by atoms with van der Waals surface area (Å²) in [5, 5.41) is 11.3. The van der Waals surface area contributed by atoms with Crippen LogP contribution in [0.5, 0.6) is 0 Å². The molecule has 0 aliphatic carbocycles. The number of carbonyl (C=O) groups excluding carboxylic acids is 2. The van der Waals surface area contributed by atoms with E-state index in [1.807, 2.05) is 31.4 Å². The Morgan fingerprint density at radius 1 is 1.00 bits per heavy atom. The van der Waals surface area contributed by atoms with Gasteiger partial charge in [-0.25, -0.2) is 22.6 Å². The van der Waals surface area contributed by atoms with Crippen molar-refractivity contribution in [1.29, 1.82) is 0 Å². The number of fused-ring (bicyclic) bond motifs is 1. The van der Waals surface area contributed by atoms with E-state index < -0.39 is 38.3 Å². The lowest BCUT2D eigenvalue weighted by Crippen LogP contribution is -2.47. The predicted molar refractivity (Wildman–Crippen MR) is 159 cm³/mol. The van der Waals surface area contributed by atoms with E-state index in [9.17, 15) is 22.4 Å². The van der Waals surface area contributed by atoms with Crippen molar-refractivity contribution in [2.45, 2.75) is 50.2 Å². The number of alkyl carbamates (subject to hydrolysis) is 1. The highest BCUT2D eigenvalue weighted by molar-refractivity contribution is 7.89. The highest BCUT2D eigenvalue weighted by Crippen LogP contribution is 2.27. The number of anilines is 1. The highest BCUT2D eigenvalue weighted by atomic mass is 32.2. The molecule has 2 N–H and O–H groups in total. The van der Waals surface area contributed by atoms with Gasteiger partial charge in [-0.2, -0.15) is 9.40 Å². The first-order valence-corrected chi connectivity index (χ1v) is 15.2. The molecule has 2 aromatic carbocycles. The average molecular weight is 609 g/mol. The molecule has 43 heavy (non-hydrogen) atoms. The lowest BCUT2D eigenvalue weighted by Gasteiger charge is -2.32. The summed E-state index contributed by atoms with van der Waals surface area (Å²) in [7, 11) is -2.41. The molecule has 0 unspecified atom stereocenters. The van der Waals surface area contributed by atoms with Crippen molar-refractivity contribution in [1.82, 2.24) is 24.4 Å². The normalized spacial score (nSPS) is 14.9. The Labute approximate surface area is 249 Å². The van der Waals surface area contributed by atoms with Crippen molar-refractivity contribution in [3.05, 3.63) is 72.4 Å². The van der Waals surface area contributed by atoms with E-state index in [1.54, 1.807) is 43.9 Å². The smallest absolute Gasteiger partial charge is 0.407 e. The van der Waals surface area contributed by atoms with Gasteiger partial charge in [-0.15, -0.1) is 0 Å². The van der Waals surface area contributed by atoms with Crippen LogP contribution in [-0.4, -0.2) is 64.2 Å². The van der Waals surface area contributed by atoms with Crippen molar-refractivity contribution in [3.8, 4) is 11.1 Å².